The zero-order chi connectivity index (χ0) is 13.8. The van der Waals surface area contributed by atoms with Crippen molar-refractivity contribution in [3.63, 3.8) is 0 Å². The van der Waals surface area contributed by atoms with Crippen LogP contribution in [0.25, 0.3) is 0 Å². The van der Waals surface area contributed by atoms with Gasteiger partial charge in [-0.3, -0.25) is 0 Å². The Morgan fingerprint density at radius 1 is 1.32 bits per heavy atom. The lowest BCUT2D eigenvalue weighted by Gasteiger charge is -2.39. The van der Waals surface area contributed by atoms with Crippen LogP contribution in [0.5, 0.6) is 5.75 Å². The fraction of sp³-hybridized carbons (Fsp3) is 0.625. The van der Waals surface area contributed by atoms with Gasteiger partial charge in [0.2, 0.25) is 0 Å². The quantitative estimate of drug-likeness (QED) is 0.727. The molecule has 104 valence electrons. The van der Waals surface area contributed by atoms with Crippen molar-refractivity contribution in [1.82, 2.24) is 0 Å². The average Bonchev–Trinajstić information content (AvgIpc) is 2.67. The van der Waals surface area contributed by atoms with E-state index in [9.17, 15) is 4.39 Å². The molecule has 1 nitrogen and oxygen atoms in total. The minimum Gasteiger partial charge on any atom is -0.489 e. The molecule has 3 heteroatoms. The van der Waals surface area contributed by atoms with Crippen LogP contribution in [-0.4, -0.2) is 6.10 Å². The number of benzene rings is 1. The zero-order valence-electron chi connectivity index (χ0n) is 11.7. The highest BCUT2D eigenvalue weighted by Gasteiger charge is 2.62. The Morgan fingerprint density at radius 3 is 2.63 bits per heavy atom. The summed E-state index contributed by atoms with van der Waals surface area (Å²) in [5, 5.41) is 0. The van der Waals surface area contributed by atoms with Crippen LogP contribution in [-0.2, 0) is 0 Å². The molecular weight excluding hydrogens is 307 g/mol. The molecule has 1 aromatic carbocycles. The Labute approximate surface area is 122 Å². The maximum absolute atomic E-state index is 13.4. The minimum atomic E-state index is -0.245. The number of rotatable bonds is 2. The van der Waals surface area contributed by atoms with Crippen molar-refractivity contribution in [3.05, 3.63) is 28.5 Å². The Morgan fingerprint density at radius 2 is 2.05 bits per heavy atom. The molecule has 0 aromatic heterocycles. The van der Waals surface area contributed by atoms with Gasteiger partial charge in [-0.25, -0.2) is 4.39 Å². The van der Waals surface area contributed by atoms with Crippen LogP contribution < -0.4 is 4.74 Å². The lowest BCUT2D eigenvalue weighted by molar-refractivity contribution is 0.0295. The molecule has 2 aliphatic rings. The van der Waals surface area contributed by atoms with Crippen molar-refractivity contribution >= 4 is 15.9 Å². The molecule has 2 fully saturated rings. The van der Waals surface area contributed by atoms with Crippen LogP contribution in [0.2, 0.25) is 0 Å². The summed E-state index contributed by atoms with van der Waals surface area (Å²) in [6.07, 6.45) is 3.79. The fourth-order valence-corrected chi connectivity index (χ4v) is 4.37. The van der Waals surface area contributed by atoms with Gasteiger partial charge < -0.3 is 4.74 Å². The normalized spacial score (nSPS) is 35.6. The number of halogens is 2. The summed E-state index contributed by atoms with van der Waals surface area (Å²) in [7, 11) is 0. The van der Waals surface area contributed by atoms with Crippen molar-refractivity contribution in [2.24, 2.45) is 16.7 Å². The van der Waals surface area contributed by atoms with Crippen molar-refractivity contribution in [1.29, 1.82) is 0 Å². The molecule has 0 unspecified atom stereocenters. The van der Waals surface area contributed by atoms with Gasteiger partial charge in [0.05, 0.1) is 4.47 Å². The molecule has 0 saturated heterocycles. The van der Waals surface area contributed by atoms with Gasteiger partial charge in [0.25, 0.3) is 0 Å². The minimum absolute atomic E-state index is 0.194. The van der Waals surface area contributed by atoms with E-state index in [-0.39, 0.29) is 17.3 Å². The van der Waals surface area contributed by atoms with E-state index in [0.717, 1.165) is 16.8 Å². The number of hydrogen-bond donors (Lipinski definition) is 0. The average molecular weight is 327 g/mol. The van der Waals surface area contributed by atoms with Crippen molar-refractivity contribution in [2.75, 3.05) is 0 Å². The molecule has 3 atom stereocenters. The first kappa shape index (κ1) is 13.4. The van der Waals surface area contributed by atoms with E-state index in [1.54, 1.807) is 6.07 Å². The van der Waals surface area contributed by atoms with E-state index in [1.165, 1.54) is 25.0 Å². The molecule has 0 N–H and O–H groups in total. The Bertz CT molecular complexity index is 513. The van der Waals surface area contributed by atoms with Gasteiger partial charge in [0.1, 0.15) is 17.7 Å². The van der Waals surface area contributed by atoms with Crippen molar-refractivity contribution in [2.45, 2.75) is 46.1 Å². The third-order valence-corrected chi connectivity index (χ3v) is 6.53. The Kier molecular flexibility index (Phi) is 2.97. The highest BCUT2D eigenvalue weighted by Crippen LogP contribution is 2.66. The van der Waals surface area contributed by atoms with E-state index < -0.39 is 0 Å². The summed E-state index contributed by atoms with van der Waals surface area (Å²) in [6, 6.07) is 4.64. The van der Waals surface area contributed by atoms with Crippen LogP contribution in [0.15, 0.2) is 22.7 Å². The van der Waals surface area contributed by atoms with E-state index in [2.05, 4.69) is 36.7 Å². The van der Waals surface area contributed by atoms with Gasteiger partial charge in [0.15, 0.2) is 0 Å². The van der Waals surface area contributed by atoms with Gasteiger partial charge >= 0.3 is 0 Å². The van der Waals surface area contributed by atoms with Crippen LogP contribution in [0.3, 0.4) is 0 Å². The third kappa shape index (κ3) is 1.84. The topological polar surface area (TPSA) is 9.23 Å². The highest BCUT2D eigenvalue weighted by molar-refractivity contribution is 9.10. The van der Waals surface area contributed by atoms with Crippen LogP contribution in [0.1, 0.15) is 40.0 Å². The fourth-order valence-electron chi connectivity index (χ4n) is 4.03. The van der Waals surface area contributed by atoms with E-state index in [1.807, 2.05) is 0 Å². The lowest BCUT2D eigenvalue weighted by atomic mass is 9.70. The first-order valence-electron chi connectivity index (χ1n) is 6.96. The third-order valence-electron chi connectivity index (χ3n) is 5.88. The second-order valence-electron chi connectivity index (χ2n) is 6.79. The van der Waals surface area contributed by atoms with Crippen LogP contribution in [0, 0.1) is 22.6 Å². The lowest BCUT2D eigenvalue weighted by Crippen LogP contribution is -2.38. The van der Waals surface area contributed by atoms with Gasteiger partial charge in [0, 0.05) is 11.5 Å². The van der Waals surface area contributed by atoms with Crippen molar-refractivity contribution < 1.29 is 9.13 Å². The number of hydrogen-bond acceptors (Lipinski definition) is 1. The summed E-state index contributed by atoms with van der Waals surface area (Å²) in [6.45, 7) is 7.04. The molecule has 2 saturated carbocycles. The first-order valence-corrected chi connectivity index (χ1v) is 7.75. The maximum Gasteiger partial charge on any atom is 0.136 e. The van der Waals surface area contributed by atoms with Gasteiger partial charge in [-0.15, -0.1) is 0 Å². The molecule has 1 aromatic rings. The van der Waals surface area contributed by atoms with Crippen LogP contribution in [0.4, 0.5) is 4.39 Å². The smallest absolute Gasteiger partial charge is 0.136 e. The second kappa shape index (κ2) is 4.21. The molecule has 0 aliphatic heterocycles. The predicted molar refractivity (Wildman–Crippen MR) is 77.7 cm³/mol. The van der Waals surface area contributed by atoms with Gasteiger partial charge in [-0.05, 0) is 58.7 Å². The molecule has 0 heterocycles. The molecule has 19 heavy (non-hydrogen) atoms. The highest BCUT2D eigenvalue weighted by atomic mass is 79.9. The van der Waals surface area contributed by atoms with E-state index >= 15 is 0 Å². The molecule has 0 radical (unpaired) electrons. The molecule has 0 amide bonds. The molecule has 2 bridgehead atoms. The molecule has 3 rings (SSSR count). The van der Waals surface area contributed by atoms with Crippen molar-refractivity contribution in [3.8, 4) is 5.75 Å². The molecular formula is C16H20BrFO. The monoisotopic (exact) mass is 326 g/mol. The summed E-state index contributed by atoms with van der Waals surface area (Å²) in [5.41, 5.74) is 0.515. The molecule has 2 aliphatic carbocycles. The Balaban J connectivity index is 1.88. The summed E-state index contributed by atoms with van der Waals surface area (Å²) in [4.78, 5) is 0. The maximum atomic E-state index is 13.4. The van der Waals surface area contributed by atoms with Crippen LogP contribution >= 0.6 is 15.9 Å². The summed E-state index contributed by atoms with van der Waals surface area (Å²) in [5.74, 6) is 1.12. The van der Waals surface area contributed by atoms with E-state index in [4.69, 9.17) is 4.74 Å². The largest absolute Gasteiger partial charge is 0.489 e. The molecule has 0 spiro atoms. The first-order chi connectivity index (χ1) is 8.84. The summed E-state index contributed by atoms with van der Waals surface area (Å²) >= 11 is 3.45. The SMILES string of the molecule is CC1(C)[C@H]2CC[C@]1(C)[C@H](Oc1cc(F)ccc1Br)C2. The summed E-state index contributed by atoms with van der Waals surface area (Å²) < 4.78 is 20.4. The standard InChI is InChI=1S/C16H20BrFO/c1-15(2)10-6-7-16(15,3)14(8-10)19-13-9-11(18)4-5-12(13)17/h4-5,9-10,14H,6-8H2,1-3H3/t10-,14+,16+/m0/s1. The predicted octanol–water partition coefficient (Wildman–Crippen LogP) is 5.18. The Hall–Kier alpha value is -0.570. The number of ether oxygens (including phenoxy) is 1. The zero-order valence-corrected chi connectivity index (χ0v) is 13.3. The van der Waals surface area contributed by atoms with Gasteiger partial charge in [-0.2, -0.15) is 0 Å². The number of fused-ring (bicyclic) bond motifs is 2. The second-order valence-corrected chi connectivity index (χ2v) is 7.65. The van der Waals surface area contributed by atoms with E-state index in [0.29, 0.717) is 11.2 Å². The van der Waals surface area contributed by atoms with Gasteiger partial charge in [-0.1, -0.05) is 20.8 Å².